The molecule has 3 heterocycles. The van der Waals surface area contributed by atoms with Crippen LogP contribution in [0.5, 0.6) is 0 Å². The lowest BCUT2D eigenvalue weighted by molar-refractivity contribution is 0.235. The lowest BCUT2D eigenvalue weighted by Gasteiger charge is -2.25. The van der Waals surface area contributed by atoms with Gasteiger partial charge in [-0.25, -0.2) is 4.98 Å². The fourth-order valence-electron chi connectivity index (χ4n) is 3.24. The molecule has 0 atom stereocenters. The van der Waals surface area contributed by atoms with E-state index >= 15 is 0 Å². The van der Waals surface area contributed by atoms with Crippen LogP contribution in [0.3, 0.4) is 0 Å². The molecule has 7 heteroatoms. The molecular formula is C19H31IN6. The summed E-state index contributed by atoms with van der Waals surface area (Å²) < 4.78 is 2.06. The number of hydrogen-bond donors (Lipinski definition) is 2. The highest BCUT2D eigenvalue weighted by Crippen LogP contribution is 2.07. The van der Waals surface area contributed by atoms with Crippen LogP contribution in [0.1, 0.15) is 31.9 Å². The Balaban J connectivity index is 0.00000243. The molecule has 0 aliphatic carbocycles. The van der Waals surface area contributed by atoms with Crippen molar-refractivity contribution in [3.63, 3.8) is 0 Å². The predicted molar refractivity (Wildman–Crippen MR) is 119 cm³/mol. The number of halogens is 1. The predicted octanol–water partition coefficient (Wildman–Crippen LogP) is 2.54. The number of guanidine groups is 1. The van der Waals surface area contributed by atoms with Crippen LogP contribution in [-0.2, 0) is 6.42 Å². The number of aliphatic imine (C=N–C) groups is 1. The van der Waals surface area contributed by atoms with E-state index in [1.165, 1.54) is 32.4 Å². The summed E-state index contributed by atoms with van der Waals surface area (Å²) in [6.07, 6.45) is 9.07. The maximum absolute atomic E-state index is 4.71. The molecule has 3 rings (SSSR count). The number of pyridine rings is 1. The number of likely N-dealkylation sites (tertiary alicyclic amines) is 1. The van der Waals surface area contributed by atoms with Gasteiger partial charge in [-0.3, -0.25) is 4.99 Å². The van der Waals surface area contributed by atoms with E-state index in [0.29, 0.717) is 0 Å². The van der Waals surface area contributed by atoms with Crippen LogP contribution in [-0.4, -0.2) is 59.5 Å². The summed E-state index contributed by atoms with van der Waals surface area (Å²) in [7, 11) is 0. The monoisotopic (exact) mass is 470 g/mol. The maximum atomic E-state index is 4.71. The summed E-state index contributed by atoms with van der Waals surface area (Å²) in [6.45, 7) is 8.18. The zero-order chi connectivity index (χ0) is 17.3. The van der Waals surface area contributed by atoms with Gasteiger partial charge in [0.1, 0.15) is 5.65 Å². The van der Waals surface area contributed by atoms with E-state index in [2.05, 4.69) is 38.0 Å². The van der Waals surface area contributed by atoms with Gasteiger partial charge in [0.05, 0.1) is 12.2 Å². The average molecular weight is 470 g/mol. The topological polar surface area (TPSA) is 57.0 Å². The first-order valence-corrected chi connectivity index (χ1v) is 9.52. The highest BCUT2D eigenvalue weighted by atomic mass is 127. The van der Waals surface area contributed by atoms with Crippen LogP contribution in [0.2, 0.25) is 0 Å². The molecule has 0 bridgehead atoms. The van der Waals surface area contributed by atoms with Crippen molar-refractivity contribution in [2.24, 2.45) is 4.99 Å². The van der Waals surface area contributed by atoms with Gasteiger partial charge in [0.2, 0.25) is 0 Å². The van der Waals surface area contributed by atoms with E-state index in [9.17, 15) is 0 Å². The van der Waals surface area contributed by atoms with E-state index in [1.807, 2.05) is 24.4 Å². The fraction of sp³-hybridized carbons (Fsp3) is 0.579. The molecule has 2 aromatic rings. The first-order chi connectivity index (χ1) is 12.3. The van der Waals surface area contributed by atoms with Crippen LogP contribution < -0.4 is 10.6 Å². The second-order valence-electron chi connectivity index (χ2n) is 6.54. The van der Waals surface area contributed by atoms with Crippen LogP contribution in [0.25, 0.3) is 5.65 Å². The summed E-state index contributed by atoms with van der Waals surface area (Å²) in [5, 5.41) is 6.75. The number of rotatable bonds is 7. The van der Waals surface area contributed by atoms with E-state index in [4.69, 9.17) is 4.99 Å². The van der Waals surface area contributed by atoms with Crippen LogP contribution in [0, 0.1) is 0 Å². The molecule has 2 aromatic heterocycles. The Kier molecular flexibility index (Phi) is 9.17. The largest absolute Gasteiger partial charge is 0.357 e. The van der Waals surface area contributed by atoms with E-state index < -0.39 is 0 Å². The first-order valence-electron chi connectivity index (χ1n) is 9.52. The van der Waals surface area contributed by atoms with Gasteiger partial charge in [0, 0.05) is 38.4 Å². The Morgan fingerprint density at radius 3 is 2.81 bits per heavy atom. The number of nitrogens with one attached hydrogen (secondary N) is 2. The Bertz CT molecular complexity index is 644. The molecule has 144 valence electrons. The van der Waals surface area contributed by atoms with Crippen molar-refractivity contribution >= 4 is 35.6 Å². The number of fused-ring (bicyclic) bond motifs is 1. The SMILES string of the molecule is CCNC(=NCCN1CCCCC1)NCCc1cn2ccccc2n1.I. The second-order valence-corrected chi connectivity index (χ2v) is 6.54. The van der Waals surface area contributed by atoms with Crippen molar-refractivity contribution in [1.29, 1.82) is 0 Å². The molecule has 1 fully saturated rings. The number of hydrogen-bond acceptors (Lipinski definition) is 3. The van der Waals surface area contributed by atoms with Gasteiger partial charge in [0.25, 0.3) is 0 Å². The Labute approximate surface area is 173 Å². The molecule has 1 saturated heterocycles. The van der Waals surface area contributed by atoms with E-state index in [-0.39, 0.29) is 24.0 Å². The molecule has 0 amide bonds. The Hall–Kier alpha value is -1.35. The molecule has 1 aliphatic rings. The van der Waals surface area contributed by atoms with Crippen molar-refractivity contribution in [2.45, 2.75) is 32.6 Å². The summed E-state index contributed by atoms with van der Waals surface area (Å²) >= 11 is 0. The van der Waals surface area contributed by atoms with Crippen LogP contribution >= 0.6 is 24.0 Å². The molecule has 6 nitrogen and oxygen atoms in total. The molecule has 0 radical (unpaired) electrons. The van der Waals surface area contributed by atoms with Gasteiger partial charge in [-0.15, -0.1) is 24.0 Å². The number of nitrogens with zero attached hydrogens (tertiary/aromatic N) is 4. The lowest BCUT2D eigenvalue weighted by atomic mass is 10.1. The minimum atomic E-state index is 0. The molecule has 0 saturated carbocycles. The normalized spacial score (nSPS) is 15.7. The van der Waals surface area contributed by atoms with Crippen molar-refractivity contribution < 1.29 is 0 Å². The third-order valence-corrected chi connectivity index (χ3v) is 4.57. The van der Waals surface area contributed by atoms with Crippen LogP contribution in [0.4, 0.5) is 0 Å². The molecule has 0 spiro atoms. The highest BCUT2D eigenvalue weighted by Gasteiger charge is 2.09. The van der Waals surface area contributed by atoms with Crippen molar-refractivity contribution in [2.75, 3.05) is 39.3 Å². The van der Waals surface area contributed by atoms with Gasteiger partial charge in [0.15, 0.2) is 5.96 Å². The van der Waals surface area contributed by atoms with E-state index in [0.717, 1.165) is 49.9 Å². The summed E-state index contributed by atoms with van der Waals surface area (Å²) in [4.78, 5) is 11.9. The van der Waals surface area contributed by atoms with Gasteiger partial charge in [-0.05, 0) is 45.0 Å². The average Bonchev–Trinajstić information content (AvgIpc) is 3.05. The third-order valence-electron chi connectivity index (χ3n) is 4.57. The zero-order valence-electron chi connectivity index (χ0n) is 15.7. The van der Waals surface area contributed by atoms with Crippen molar-refractivity contribution in [3.05, 3.63) is 36.3 Å². The smallest absolute Gasteiger partial charge is 0.191 e. The first kappa shape index (κ1) is 21.0. The summed E-state index contributed by atoms with van der Waals surface area (Å²) in [5.74, 6) is 0.906. The van der Waals surface area contributed by atoms with Crippen molar-refractivity contribution in [1.82, 2.24) is 24.9 Å². The molecular weight excluding hydrogens is 439 g/mol. The number of aromatic nitrogens is 2. The second kappa shape index (κ2) is 11.4. The summed E-state index contributed by atoms with van der Waals surface area (Å²) in [6, 6.07) is 6.07. The van der Waals surface area contributed by atoms with Gasteiger partial charge < -0.3 is 19.9 Å². The fourth-order valence-corrected chi connectivity index (χ4v) is 3.24. The summed E-state index contributed by atoms with van der Waals surface area (Å²) in [5.41, 5.74) is 2.10. The molecule has 1 aliphatic heterocycles. The Morgan fingerprint density at radius 1 is 1.19 bits per heavy atom. The third kappa shape index (κ3) is 6.42. The van der Waals surface area contributed by atoms with Gasteiger partial charge in [-0.2, -0.15) is 0 Å². The van der Waals surface area contributed by atoms with Gasteiger partial charge in [-0.1, -0.05) is 12.5 Å². The van der Waals surface area contributed by atoms with Crippen LogP contribution in [0.15, 0.2) is 35.6 Å². The molecule has 0 aromatic carbocycles. The molecule has 26 heavy (non-hydrogen) atoms. The van der Waals surface area contributed by atoms with Gasteiger partial charge >= 0.3 is 0 Å². The maximum Gasteiger partial charge on any atom is 0.191 e. The zero-order valence-corrected chi connectivity index (χ0v) is 18.0. The molecule has 0 unspecified atom stereocenters. The van der Waals surface area contributed by atoms with Crippen molar-refractivity contribution in [3.8, 4) is 0 Å². The highest BCUT2D eigenvalue weighted by molar-refractivity contribution is 14.0. The minimum Gasteiger partial charge on any atom is -0.357 e. The quantitative estimate of drug-likeness (QED) is 0.371. The standard InChI is InChI=1S/C19H30N6.HI/c1-2-20-19(22-11-15-24-12-5-3-6-13-24)21-10-9-17-16-25-14-7-4-8-18(25)23-17;/h4,7-8,14,16H,2-3,5-6,9-13,15H2,1H3,(H2,20,21,22);1H. The van der Waals surface area contributed by atoms with E-state index in [1.54, 1.807) is 0 Å². The minimum absolute atomic E-state index is 0. The lowest BCUT2D eigenvalue weighted by Crippen LogP contribution is -2.39. The Morgan fingerprint density at radius 2 is 2.04 bits per heavy atom. The molecule has 2 N–H and O–H groups in total. The number of piperidine rings is 1. The number of imidazole rings is 1.